The molecule has 0 spiro atoms. The highest BCUT2D eigenvalue weighted by molar-refractivity contribution is 5.87. The van der Waals surface area contributed by atoms with Crippen molar-refractivity contribution in [2.24, 2.45) is 0 Å². The minimum Gasteiger partial charge on any atom is -0.373 e. The molecule has 1 fully saturated rings. The summed E-state index contributed by atoms with van der Waals surface area (Å²) < 4.78 is 0. The first-order chi connectivity index (χ1) is 9.74. The van der Waals surface area contributed by atoms with Crippen molar-refractivity contribution in [3.63, 3.8) is 0 Å². The number of carbonyl (C=O) groups is 1. The number of hydrogen-bond donors (Lipinski definition) is 2. The Labute approximate surface area is 120 Å². The lowest BCUT2D eigenvalue weighted by molar-refractivity contribution is -0.122. The van der Waals surface area contributed by atoms with Crippen LogP contribution in [0.1, 0.15) is 24.8 Å². The smallest absolute Gasteiger partial charge is 0.242 e. The molecule has 1 aromatic carbocycles. The van der Waals surface area contributed by atoms with Crippen LogP contribution in [0.15, 0.2) is 24.3 Å². The quantitative estimate of drug-likeness (QED) is 0.879. The van der Waals surface area contributed by atoms with Crippen LogP contribution in [-0.4, -0.2) is 43.0 Å². The maximum Gasteiger partial charge on any atom is 0.242 e. The maximum absolute atomic E-state index is 12.3. The Morgan fingerprint density at radius 3 is 3.05 bits per heavy atom. The van der Waals surface area contributed by atoms with Gasteiger partial charge in [0.2, 0.25) is 5.91 Å². The van der Waals surface area contributed by atoms with Gasteiger partial charge >= 0.3 is 0 Å². The number of anilines is 1. The molecule has 0 radical (unpaired) electrons. The number of piperidine rings is 1. The Kier molecular flexibility index (Phi) is 3.92. The number of para-hydroxylation sites is 1. The van der Waals surface area contributed by atoms with Crippen molar-refractivity contribution in [1.29, 1.82) is 0 Å². The fraction of sp³-hybridized carbons (Fsp3) is 0.562. The van der Waals surface area contributed by atoms with Crippen molar-refractivity contribution in [2.45, 2.75) is 37.8 Å². The summed E-state index contributed by atoms with van der Waals surface area (Å²) in [6.07, 6.45) is 4.54. The predicted octanol–water partition coefficient (Wildman–Crippen LogP) is 1.62. The van der Waals surface area contributed by atoms with Crippen LogP contribution >= 0.6 is 0 Å². The van der Waals surface area contributed by atoms with Gasteiger partial charge in [-0.15, -0.1) is 0 Å². The number of hydrogen-bond acceptors (Lipinski definition) is 3. The van der Waals surface area contributed by atoms with Gasteiger partial charge in [-0.2, -0.15) is 0 Å². The lowest BCUT2D eigenvalue weighted by atomic mass is 10.0. The molecule has 4 heteroatoms. The van der Waals surface area contributed by atoms with E-state index in [-0.39, 0.29) is 11.9 Å². The first kappa shape index (κ1) is 13.4. The van der Waals surface area contributed by atoms with Gasteiger partial charge in [-0.25, -0.2) is 0 Å². The molecule has 108 valence electrons. The lowest BCUT2D eigenvalue weighted by Crippen LogP contribution is -2.47. The van der Waals surface area contributed by atoms with Crippen molar-refractivity contribution in [3.8, 4) is 0 Å². The van der Waals surface area contributed by atoms with E-state index >= 15 is 0 Å². The number of likely N-dealkylation sites (tertiary alicyclic amines) is 1. The summed E-state index contributed by atoms with van der Waals surface area (Å²) in [7, 11) is 2.15. The maximum atomic E-state index is 12.3. The Morgan fingerprint density at radius 2 is 2.25 bits per heavy atom. The number of benzene rings is 1. The number of rotatable bonds is 3. The molecule has 1 aromatic rings. The standard InChI is InChI=1S/C16H23N3O/c1-19-9-5-4-7-13(19)11-17-16(20)15-10-12-6-2-3-8-14(12)18-15/h2-3,6,8,13,15,18H,4-5,7,9-11H2,1H3,(H,17,20)/t13?,15-/m0/s1. The molecule has 4 nitrogen and oxygen atoms in total. The van der Waals surface area contributed by atoms with Crippen LogP contribution < -0.4 is 10.6 Å². The second kappa shape index (κ2) is 5.83. The average Bonchev–Trinajstić information content (AvgIpc) is 2.90. The predicted molar refractivity (Wildman–Crippen MR) is 80.8 cm³/mol. The normalized spacial score (nSPS) is 25.9. The van der Waals surface area contributed by atoms with Gasteiger partial charge in [0.05, 0.1) is 0 Å². The molecule has 2 aliphatic rings. The summed E-state index contributed by atoms with van der Waals surface area (Å²) in [5, 5.41) is 6.42. The molecule has 3 rings (SSSR count). The largest absolute Gasteiger partial charge is 0.373 e. The third-order valence-electron chi connectivity index (χ3n) is 4.52. The Hall–Kier alpha value is -1.55. The molecule has 0 saturated carbocycles. The van der Waals surface area contributed by atoms with Crippen LogP contribution in [0.2, 0.25) is 0 Å². The van der Waals surface area contributed by atoms with Crippen LogP contribution in [0.3, 0.4) is 0 Å². The van der Waals surface area contributed by atoms with Gasteiger partial charge in [0.15, 0.2) is 0 Å². The van der Waals surface area contributed by atoms with E-state index in [1.807, 2.05) is 18.2 Å². The van der Waals surface area contributed by atoms with E-state index in [1.165, 1.54) is 24.8 Å². The zero-order valence-electron chi connectivity index (χ0n) is 12.1. The number of fused-ring (bicyclic) bond motifs is 1. The molecule has 0 aliphatic carbocycles. The molecule has 1 unspecified atom stereocenters. The fourth-order valence-corrected chi connectivity index (χ4v) is 3.20. The van der Waals surface area contributed by atoms with E-state index in [2.05, 4.69) is 28.6 Å². The van der Waals surface area contributed by atoms with Crippen molar-refractivity contribution in [1.82, 2.24) is 10.2 Å². The number of carbonyl (C=O) groups excluding carboxylic acids is 1. The molecule has 2 heterocycles. The number of likely N-dealkylation sites (N-methyl/N-ethyl adjacent to an activating group) is 1. The van der Waals surface area contributed by atoms with Crippen molar-refractivity contribution in [2.75, 3.05) is 25.5 Å². The van der Waals surface area contributed by atoms with Crippen molar-refractivity contribution in [3.05, 3.63) is 29.8 Å². The summed E-state index contributed by atoms with van der Waals surface area (Å²) >= 11 is 0. The molecule has 0 bridgehead atoms. The summed E-state index contributed by atoms with van der Waals surface area (Å²) in [6.45, 7) is 1.91. The lowest BCUT2D eigenvalue weighted by Gasteiger charge is -2.32. The summed E-state index contributed by atoms with van der Waals surface area (Å²) in [5.41, 5.74) is 2.34. The highest BCUT2D eigenvalue weighted by atomic mass is 16.2. The number of nitrogens with zero attached hydrogens (tertiary/aromatic N) is 1. The summed E-state index contributed by atoms with van der Waals surface area (Å²) in [4.78, 5) is 14.6. The van der Waals surface area contributed by atoms with Crippen LogP contribution in [0.25, 0.3) is 0 Å². The molecule has 2 atom stereocenters. The van der Waals surface area contributed by atoms with E-state index in [4.69, 9.17) is 0 Å². The number of nitrogens with one attached hydrogen (secondary N) is 2. The minimum atomic E-state index is -0.110. The van der Waals surface area contributed by atoms with Crippen LogP contribution in [0, 0.1) is 0 Å². The van der Waals surface area contributed by atoms with E-state index in [0.717, 1.165) is 25.2 Å². The van der Waals surface area contributed by atoms with Crippen LogP contribution in [0.4, 0.5) is 5.69 Å². The van der Waals surface area contributed by atoms with Gasteiger partial charge < -0.3 is 15.5 Å². The zero-order valence-corrected chi connectivity index (χ0v) is 12.1. The highest BCUT2D eigenvalue weighted by Gasteiger charge is 2.27. The summed E-state index contributed by atoms with van der Waals surface area (Å²) in [6, 6.07) is 8.54. The Morgan fingerprint density at radius 1 is 1.40 bits per heavy atom. The van der Waals surface area contributed by atoms with Gasteiger partial charge in [-0.05, 0) is 38.1 Å². The average molecular weight is 273 g/mol. The van der Waals surface area contributed by atoms with E-state index < -0.39 is 0 Å². The topological polar surface area (TPSA) is 44.4 Å². The molecular formula is C16H23N3O. The van der Waals surface area contributed by atoms with Gasteiger partial charge in [-0.3, -0.25) is 4.79 Å². The molecule has 0 aromatic heterocycles. The monoisotopic (exact) mass is 273 g/mol. The van der Waals surface area contributed by atoms with E-state index in [1.54, 1.807) is 0 Å². The molecule has 20 heavy (non-hydrogen) atoms. The highest BCUT2D eigenvalue weighted by Crippen LogP contribution is 2.25. The zero-order chi connectivity index (χ0) is 13.9. The van der Waals surface area contributed by atoms with Gasteiger partial charge in [-0.1, -0.05) is 24.6 Å². The van der Waals surface area contributed by atoms with Gasteiger partial charge in [0.1, 0.15) is 6.04 Å². The number of amides is 1. The fourth-order valence-electron chi connectivity index (χ4n) is 3.20. The minimum absolute atomic E-state index is 0.110. The van der Waals surface area contributed by atoms with E-state index in [0.29, 0.717) is 6.04 Å². The van der Waals surface area contributed by atoms with Gasteiger partial charge in [0, 0.05) is 24.7 Å². The molecular weight excluding hydrogens is 250 g/mol. The van der Waals surface area contributed by atoms with Crippen LogP contribution in [-0.2, 0) is 11.2 Å². The molecule has 1 amide bonds. The second-order valence-corrected chi connectivity index (χ2v) is 5.93. The first-order valence-corrected chi connectivity index (χ1v) is 7.56. The Bertz CT molecular complexity index is 463. The first-order valence-electron chi connectivity index (χ1n) is 7.56. The second-order valence-electron chi connectivity index (χ2n) is 5.93. The third kappa shape index (κ3) is 2.80. The molecule has 2 aliphatic heterocycles. The Balaban J connectivity index is 1.51. The molecule has 1 saturated heterocycles. The molecule has 2 N–H and O–H groups in total. The van der Waals surface area contributed by atoms with Crippen molar-refractivity contribution < 1.29 is 4.79 Å². The van der Waals surface area contributed by atoms with Gasteiger partial charge in [0.25, 0.3) is 0 Å². The third-order valence-corrected chi connectivity index (χ3v) is 4.52. The van der Waals surface area contributed by atoms with Crippen molar-refractivity contribution >= 4 is 11.6 Å². The SMILES string of the molecule is CN1CCCCC1CNC(=O)[C@@H]1Cc2ccccc2N1. The van der Waals surface area contributed by atoms with Crippen LogP contribution in [0.5, 0.6) is 0 Å². The summed E-state index contributed by atoms with van der Waals surface area (Å²) in [5.74, 6) is 0.125. The van der Waals surface area contributed by atoms with E-state index in [9.17, 15) is 4.79 Å².